The number of hydrogen-bond acceptors (Lipinski definition) is 6. The number of hydrogen-bond donors (Lipinski definition) is 1. The average molecular weight is 379 g/mol. The minimum atomic E-state index is -1.10. The van der Waals surface area contributed by atoms with Gasteiger partial charge >= 0.3 is 5.97 Å². The lowest BCUT2D eigenvalue weighted by molar-refractivity contribution is -0.130. The summed E-state index contributed by atoms with van der Waals surface area (Å²) in [5, 5.41) is 2.80. The van der Waals surface area contributed by atoms with E-state index >= 15 is 0 Å². The smallest absolute Gasteiger partial charge is 0.375 e. The van der Waals surface area contributed by atoms with Crippen LogP contribution in [-0.2, 0) is 16.1 Å². The minimum absolute atomic E-state index is 0.0319. The van der Waals surface area contributed by atoms with E-state index in [4.69, 9.17) is 18.6 Å². The summed E-state index contributed by atoms with van der Waals surface area (Å²) in [7, 11) is 0. The predicted molar refractivity (Wildman–Crippen MR) is 97.7 cm³/mol. The standard InChI is InChI=1S/C21H17NO6/c23-20(22-12-14-8-9-16-18(11-14)27-13-26-16)19(15-5-2-1-3-6-15)28-21(24)17-7-4-10-25-17/h1-11,19H,12-13H2,(H,22,23)/t19-/m1/s1. The highest BCUT2D eigenvalue weighted by Gasteiger charge is 2.26. The van der Waals surface area contributed by atoms with Gasteiger partial charge in [-0.3, -0.25) is 4.79 Å². The molecular formula is C21H17NO6. The van der Waals surface area contributed by atoms with E-state index in [0.717, 1.165) is 5.56 Å². The highest BCUT2D eigenvalue weighted by Crippen LogP contribution is 2.32. The topological polar surface area (TPSA) is 87.0 Å². The van der Waals surface area contributed by atoms with Crippen LogP contribution in [0.25, 0.3) is 0 Å². The molecule has 1 amide bonds. The van der Waals surface area contributed by atoms with Gasteiger partial charge in [-0.25, -0.2) is 4.79 Å². The number of benzene rings is 2. The van der Waals surface area contributed by atoms with Crippen molar-refractivity contribution in [3.05, 3.63) is 83.8 Å². The van der Waals surface area contributed by atoms with Crippen molar-refractivity contribution in [2.24, 2.45) is 0 Å². The molecular weight excluding hydrogens is 362 g/mol. The van der Waals surface area contributed by atoms with Crippen molar-refractivity contribution in [3.8, 4) is 11.5 Å². The Kier molecular flexibility index (Phi) is 4.97. The van der Waals surface area contributed by atoms with Gasteiger partial charge in [0.25, 0.3) is 5.91 Å². The molecule has 0 fully saturated rings. The lowest BCUT2D eigenvalue weighted by atomic mass is 10.1. The molecule has 7 nitrogen and oxygen atoms in total. The number of ether oxygens (including phenoxy) is 3. The summed E-state index contributed by atoms with van der Waals surface area (Å²) in [6, 6.07) is 17.3. The minimum Gasteiger partial charge on any atom is -0.457 e. The third-order valence-electron chi connectivity index (χ3n) is 4.19. The fraction of sp³-hybridized carbons (Fsp3) is 0.143. The van der Waals surface area contributed by atoms with Crippen molar-refractivity contribution in [3.63, 3.8) is 0 Å². The molecule has 3 aromatic rings. The molecule has 28 heavy (non-hydrogen) atoms. The van der Waals surface area contributed by atoms with Gasteiger partial charge in [-0.2, -0.15) is 0 Å². The second-order valence-electron chi connectivity index (χ2n) is 6.08. The van der Waals surface area contributed by atoms with E-state index in [1.54, 1.807) is 42.5 Å². The summed E-state index contributed by atoms with van der Waals surface area (Å²) < 4.78 is 21.1. The molecule has 2 aromatic carbocycles. The van der Waals surface area contributed by atoms with Crippen molar-refractivity contribution in [1.82, 2.24) is 5.32 Å². The monoisotopic (exact) mass is 379 g/mol. The first-order chi connectivity index (χ1) is 13.7. The van der Waals surface area contributed by atoms with Crippen LogP contribution >= 0.6 is 0 Å². The summed E-state index contributed by atoms with van der Waals surface area (Å²) >= 11 is 0. The van der Waals surface area contributed by atoms with Crippen LogP contribution in [0.1, 0.15) is 27.8 Å². The third-order valence-corrected chi connectivity index (χ3v) is 4.19. The van der Waals surface area contributed by atoms with Crippen LogP contribution in [0, 0.1) is 0 Å². The van der Waals surface area contributed by atoms with E-state index in [1.165, 1.54) is 12.3 Å². The summed E-state index contributed by atoms with van der Waals surface area (Å²) in [5.74, 6) is 0.186. The van der Waals surface area contributed by atoms with Crippen LogP contribution < -0.4 is 14.8 Å². The first-order valence-corrected chi connectivity index (χ1v) is 8.66. The highest BCUT2D eigenvalue weighted by atomic mass is 16.7. The van der Waals surface area contributed by atoms with E-state index in [0.29, 0.717) is 17.1 Å². The Hall–Kier alpha value is -3.74. The van der Waals surface area contributed by atoms with E-state index in [2.05, 4.69) is 5.32 Å². The molecule has 1 aliphatic heterocycles. The lowest BCUT2D eigenvalue weighted by Gasteiger charge is -2.17. The summed E-state index contributed by atoms with van der Waals surface area (Å²) in [6.07, 6.45) is 0.265. The maximum atomic E-state index is 12.8. The zero-order chi connectivity index (χ0) is 19.3. The largest absolute Gasteiger partial charge is 0.457 e. The van der Waals surface area contributed by atoms with Gasteiger partial charge in [0, 0.05) is 12.1 Å². The molecule has 0 saturated heterocycles. The molecule has 0 aliphatic carbocycles. The molecule has 2 heterocycles. The Bertz CT molecular complexity index is 968. The average Bonchev–Trinajstić information content (AvgIpc) is 3.42. The summed E-state index contributed by atoms with van der Waals surface area (Å²) in [5.41, 5.74) is 1.40. The van der Waals surface area contributed by atoms with Crippen LogP contribution in [0.4, 0.5) is 0 Å². The molecule has 142 valence electrons. The number of nitrogens with one attached hydrogen (secondary N) is 1. The third kappa shape index (κ3) is 3.83. The quantitative estimate of drug-likeness (QED) is 0.662. The second-order valence-corrected chi connectivity index (χ2v) is 6.08. The van der Waals surface area contributed by atoms with E-state index in [9.17, 15) is 9.59 Å². The van der Waals surface area contributed by atoms with E-state index < -0.39 is 18.0 Å². The van der Waals surface area contributed by atoms with Crippen molar-refractivity contribution in [1.29, 1.82) is 0 Å². The Balaban J connectivity index is 1.47. The Morgan fingerprint density at radius 2 is 1.82 bits per heavy atom. The number of amides is 1. The maximum absolute atomic E-state index is 12.8. The molecule has 1 N–H and O–H groups in total. The number of fused-ring (bicyclic) bond motifs is 1. The number of furan rings is 1. The van der Waals surface area contributed by atoms with Crippen LogP contribution in [0.15, 0.2) is 71.3 Å². The first-order valence-electron chi connectivity index (χ1n) is 8.66. The van der Waals surface area contributed by atoms with Crippen LogP contribution in [0.2, 0.25) is 0 Å². The van der Waals surface area contributed by atoms with Gasteiger partial charge < -0.3 is 23.9 Å². The number of esters is 1. The predicted octanol–water partition coefficient (Wildman–Crippen LogP) is 3.22. The van der Waals surface area contributed by atoms with Crippen molar-refractivity contribution in [2.75, 3.05) is 6.79 Å². The Labute approximate surface area is 160 Å². The fourth-order valence-electron chi connectivity index (χ4n) is 2.79. The van der Waals surface area contributed by atoms with Crippen LogP contribution in [-0.4, -0.2) is 18.7 Å². The molecule has 7 heteroatoms. The van der Waals surface area contributed by atoms with Gasteiger partial charge in [0.05, 0.1) is 6.26 Å². The number of carbonyl (C=O) groups is 2. The van der Waals surface area contributed by atoms with Crippen molar-refractivity contribution < 1.29 is 28.2 Å². The zero-order valence-corrected chi connectivity index (χ0v) is 14.8. The molecule has 0 saturated carbocycles. The molecule has 0 unspecified atom stereocenters. The Morgan fingerprint density at radius 1 is 1.00 bits per heavy atom. The van der Waals surface area contributed by atoms with Crippen molar-refractivity contribution >= 4 is 11.9 Å². The van der Waals surface area contributed by atoms with Gasteiger partial charge in [0.1, 0.15) is 0 Å². The van der Waals surface area contributed by atoms with Gasteiger partial charge in [0.15, 0.2) is 11.5 Å². The van der Waals surface area contributed by atoms with E-state index in [1.807, 2.05) is 12.1 Å². The summed E-state index contributed by atoms with van der Waals surface area (Å²) in [6.45, 7) is 0.432. The van der Waals surface area contributed by atoms with Crippen molar-refractivity contribution in [2.45, 2.75) is 12.6 Å². The fourth-order valence-corrected chi connectivity index (χ4v) is 2.79. The van der Waals surface area contributed by atoms with Crippen LogP contribution in [0.3, 0.4) is 0 Å². The first kappa shape index (κ1) is 17.7. The molecule has 0 bridgehead atoms. The second kappa shape index (κ2) is 7.87. The maximum Gasteiger partial charge on any atom is 0.375 e. The van der Waals surface area contributed by atoms with E-state index in [-0.39, 0.29) is 19.1 Å². The molecule has 1 aliphatic rings. The summed E-state index contributed by atoms with van der Waals surface area (Å²) in [4.78, 5) is 25.1. The molecule has 1 aromatic heterocycles. The van der Waals surface area contributed by atoms with Gasteiger partial charge in [-0.15, -0.1) is 0 Å². The lowest BCUT2D eigenvalue weighted by Crippen LogP contribution is -2.31. The van der Waals surface area contributed by atoms with Gasteiger partial charge in [-0.05, 0) is 29.8 Å². The highest BCUT2D eigenvalue weighted by molar-refractivity contribution is 5.90. The molecule has 0 radical (unpaired) electrons. The SMILES string of the molecule is O=C(O[C@@H](C(=O)NCc1ccc2c(c1)OCO2)c1ccccc1)c1ccco1. The van der Waals surface area contributed by atoms with Crippen LogP contribution in [0.5, 0.6) is 11.5 Å². The number of carbonyl (C=O) groups excluding carboxylic acids is 2. The zero-order valence-electron chi connectivity index (χ0n) is 14.8. The van der Waals surface area contributed by atoms with Gasteiger partial charge in [0.2, 0.25) is 18.7 Å². The van der Waals surface area contributed by atoms with Gasteiger partial charge in [-0.1, -0.05) is 36.4 Å². The molecule has 1 atom stereocenters. The Morgan fingerprint density at radius 3 is 2.61 bits per heavy atom. The normalized spacial score (nSPS) is 13.0. The number of rotatable bonds is 6. The molecule has 0 spiro atoms. The molecule has 4 rings (SSSR count).